The van der Waals surface area contributed by atoms with Crippen molar-refractivity contribution in [1.29, 1.82) is 0 Å². The van der Waals surface area contributed by atoms with E-state index in [0.29, 0.717) is 12.1 Å². The van der Waals surface area contributed by atoms with Crippen LogP contribution in [0.5, 0.6) is 5.75 Å². The highest BCUT2D eigenvalue weighted by Gasteiger charge is 2.04. The van der Waals surface area contributed by atoms with Crippen LogP contribution in [0.25, 0.3) is 0 Å². The van der Waals surface area contributed by atoms with E-state index in [1.54, 1.807) is 14.1 Å². The van der Waals surface area contributed by atoms with Crippen LogP contribution in [0, 0.1) is 0 Å². The largest absolute Gasteiger partial charge is 0.494 e. The molecule has 0 aromatic heterocycles. The number of halogens is 1. The van der Waals surface area contributed by atoms with Crippen LogP contribution in [-0.4, -0.2) is 64.7 Å². The molecular formula is C24H36IN5O2. The predicted molar refractivity (Wildman–Crippen MR) is 142 cm³/mol. The summed E-state index contributed by atoms with van der Waals surface area (Å²) < 4.78 is 5.78. The van der Waals surface area contributed by atoms with Crippen molar-refractivity contribution in [3.8, 4) is 5.75 Å². The highest BCUT2D eigenvalue weighted by atomic mass is 127. The molecule has 32 heavy (non-hydrogen) atoms. The van der Waals surface area contributed by atoms with Gasteiger partial charge in [-0.2, -0.15) is 0 Å². The molecule has 0 saturated heterocycles. The summed E-state index contributed by atoms with van der Waals surface area (Å²) in [5.74, 6) is 1.56. The Balaban J connectivity index is 0.00000512. The van der Waals surface area contributed by atoms with E-state index >= 15 is 0 Å². The summed E-state index contributed by atoms with van der Waals surface area (Å²) >= 11 is 0. The van der Waals surface area contributed by atoms with Crippen LogP contribution in [0.3, 0.4) is 0 Å². The zero-order chi connectivity index (χ0) is 22.5. The van der Waals surface area contributed by atoms with Gasteiger partial charge in [0.05, 0.1) is 6.61 Å². The standard InChI is InChI=1S/C24H35N5O2.HI/c1-25-23(30)21-8-5-7-19(17-21)13-14-27-24(26-2)28-18-20-9-11-22(12-10-20)31-16-6-15-29(3)4;/h5,7-12,17H,6,13-16,18H2,1-4H3,(H,25,30)(H2,26,27,28);1H. The zero-order valence-electron chi connectivity index (χ0n) is 19.5. The third kappa shape index (κ3) is 10.3. The van der Waals surface area contributed by atoms with Crippen LogP contribution in [-0.2, 0) is 13.0 Å². The molecule has 2 aromatic carbocycles. The fraction of sp³-hybridized carbons (Fsp3) is 0.417. The van der Waals surface area contributed by atoms with Crippen molar-refractivity contribution in [2.45, 2.75) is 19.4 Å². The van der Waals surface area contributed by atoms with Crippen LogP contribution in [0.15, 0.2) is 53.5 Å². The molecule has 8 heteroatoms. The Hall–Kier alpha value is -2.33. The molecule has 0 radical (unpaired) electrons. The van der Waals surface area contributed by atoms with Crippen molar-refractivity contribution in [2.75, 3.05) is 47.9 Å². The smallest absolute Gasteiger partial charge is 0.251 e. The van der Waals surface area contributed by atoms with Gasteiger partial charge in [0.15, 0.2) is 5.96 Å². The molecule has 0 aliphatic carbocycles. The minimum absolute atomic E-state index is 0. The second-order valence-corrected chi connectivity index (χ2v) is 7.53. The molecule has 2 rings (SSSR count). The molecule has 0 aliphatic rings. The van der Waals surface area contributed by atoms with Crippen molar-refractivity contribution < 1.29 is 9.53 Å². The zero-order valence-corrected chi connectivity index (χ0v) is 21.8. The Morgan fingerprint density at radius 2 is 1.81 bits per heavy atom. The number of rotatable bonds is 11. The first-order valence-corrected chi connectivity index (χ1v) is 10.6. The number of nitrogens with zero attached hydrogens (tertiary/aromatic N) is 2. The highest BCUT2D eigenvalue weighted by Crippen LogP contribution is 2.12. The number of carbonyl (C=O) groups excluding carboxylic acids is 1. The first-order valence-electron chi connectivity index (χ1n) is 10.6. The average molecular weight is 553 g/mol. The summed E-state index contributed by atoms with van der Waals surface area (Å²) in [5.41, 5.74) is 2.93. The Kier molecular flexibility index (Phi) is 13.4. The van der Waals surface area contributed by atoms with Gasteiger partial charge in [0.1, 0.15) is 5.75 Å². The number of nitrogens with one attached hydrogen (secondary N) is 3. The summed E-state index contributed by atoms with van der Waals surface area (Å²) in [6.07, 6.45) is 1.81. The van der Waals surface area contributed by atoms with Crippen LogP contribution in [0.4, 0.5) is 0 Å². The second-order valence-electron chi connectivity index (χ2n) is 7.53. The normalized spacial score (nSPS) is 11.0. The molecule has 3 N–H and O–H groups in total. The second kappa shape index (κ2) is 15.5. The maximum absolute atomic E-state index is 11.8. The van der Waals surface area contributed by atoms with Gasteiger partial charge >= 0.3 is 0 Å². The van der Waals surface area contributed by atoms with Gasteiger partial charge in [-0.05, 0) is 62.3 Å². The molecule has 0 spiro atoms. The lowest BCUT2D eigenvalue weighted by Gasteiger charge is -2.13. The Bertz CT molecular complexity index is 841. The molecule has 0 atom stereocenters. The maximum atomic E-state index is 11.8. The molecule has 0 unspecified atom stereocenters. The molecule has 0 fully saturated rings. The van der Waals surface area contributed by atoms with Gasteiger partial charge in [0, 0.05) is 39.3 Å². The van der Waals surface area contributed by atoms with Gasteiger partial charge in [-0.3, -0.25) is 9.79 Å². The Morgan fingerprint density at radius 3 is 2.47 bits per heavy atom. The summed E-state index contributed by atoms with van der Waals surface area (Å²) in [4.78, 5) is 18.2. The predicted octanol–water partition coefficient (Wildman–Crippen LogP) is 2.90. The van der Waals surface area contributed by atoms with Crippen molar-refractivity contribution in [2.24, 2.45) is 4.99 Å². The number of hydrogen-bond donors (Lipinski definition) is 3. The number of guanidine groups is 1. The number of amides is 1. The molecule has 176 valence electrons. The molecule has 0 saturated carbocycles. The summed E-state index contributed by atoms with van der Waals surface area (Å²) in [6.45, 7) is 3.13. The van der Waals surface area contributed by atoms with Crippen LogP contribution in [0.2, 0.25) is 0 Å². The number of ether oxygens (including phenoxy) is 1. The monoisotopic (exact) mass is 553 g/mol. The van der Waals surface area contributed by atoms with E-state index in [9.17, 15) is 4.79 Å². The minimum Gasteiger partial charge on any atom is -0.494 e. The van der Waals surface area contributed by atoms with Gasteiger partial charge in [-0.15, -0.1) is 24.0 Å². The van der Waals surface area contributed by atoms with E-state index in [1.807, 2.05) is 36.4 Å². The fourth-order valence-corrected chi connectivity index (χ4v) is 3.02. The summed E-state index contributed by atoms with van der Waals surface area (Å²) in [7, 11) is 7.52. The van der Waals surface area contributed by atoms with Crippen molar-refractivity contribution >= 4 is 35.8 Å². The molecule has 0 aliphatic heterocycles. The fourth-order valence-electron chi connectivity index (χ4n) is 3.02. The minimum atomic E-state index is -0.0720. The van der Waals surface area contributed by atoms with E-state index in [-0.39, 0.29) is 29.9 Å². The lowest BCUT2D eigenvalue weighted by Crippen LogP contribution is -2.37. The number of carbonyl (C=O) groups is 1. The van der Waals surface area contributed by atoms with Crippen LogP contribution in [0.1, 0.15) is 27.9 Å². The maximum Gasteiger partial charge on any atom is 0.251 e. The van der Waals surface area contributed by atoms with Gasteiger partial charge in [-0.25, -0.2) is 0 Å². The van der Waals surface area contributed by atoms with Crippen molar-refractivity contribution in [3.05, 3.63) is 65.2 Å². The van der Waals surface area contributed by atoms with Crippen LogP contribution < -0.4 is 20.7 Å². The summed E-state index contributed by atoms with van der Waals surface area (Å²) in [5, 5.41) is 9.29. The topological polar surface area (TPSA) is 78.0 Å². The first-order chi connectivity index (χ1) is 15.0. The van der Waals surface area contributed by atoms with Crippen molar-refractivity contribution in [3.63, 3.8) is 0 Å². The molecule has 7 nitrogen and oxygen atoms in total. The van der Waals surface area contributed by atoms with E-state index in [1.165, 1.54) is 0 Å². The average Bonchev–Trinajstić information content (AvgIpc) is 2.79. The number of hydrogen-bond acceptors (Lipinski definition) is 4. The van der Waals surface area contributed by atoms with Gasteiger partial charge < -0.3 is 25.6 Å². The molecule has 2 aromatic rings. The molecular weight excluding hydrogens is 517 g/mol. The Labute approximate surface area is 209 Å². The number of benzene rings is 2. The van der Waals surface area contributed by atoms with Crippen molar-refractivity contribution in [1.82, 2.24) is 20.9 Å². The number of aliphatic imine (C=N–C) groups is 1. The third-order valence-corrected chi connectivity index (χ3v) is 4.75. The van der Waals surface area contributed by atoms with E-state index < -0.39 is 0 Å². The van der Waals surface area contributed by atoms with Gasteiger partial charge in [0.2, 0.25) is 0 Å². The van der Waals surface area contributed by atoms with Crippen LogP contribution >= 0.6 is 24.0 Å². The molecule has 0 bridgehead atoms. The first kappa shape index (κ1) is 27.7. The SMILES string of the molecule is CN=C(NCCc1cccc(C(=O)NC)c1)NCc1ccc(OCCCN(C)C)cc1.I. The third-order valence-electron chi connectivity index (χ3n) is 4.75. The lowest BCUT2D eigenvalue weighted by atomic mass is 10.1. The molecule has 0 heterocycles. The Morgan fingerprint density at radius 1 is 1.06 bits per heavy atom. The van der Waals surface area contributed by atoms with Gasteiger partial charge in [-0.1, -0.05) is 24.3 Å². The van der Waals surface area contributed by atoms with E-state index in [4.69, 9.17) is 4.74 Å². The van der Waals surface area contributed by atoms with E-state index in [0.717, 1.165) is 55.4 Å². The molecule has 1 amide bonds. The van der Waals surface area contributed by atoms with Gasteiger partial charge in [0.25, 0.3) is 5.91 Å². The summed E-state index contributed by atoms with van der Waals surface area (Å²) in [6, 6.07) is 15.8. The lowest BCUT2D eigenvalue weighted by molar-refractivity contribution is 0.0963. The quantitative estimate of drug-likeness (QED) is 0.173. The highest BCUT2D eigenvalue weighted by molar-refractivity contribution is 14.0. The van der Waals surface area contributed by atoms with E-state index in [2.05, 4.69) is 52.1 Å².